The first kappa shape index (κ1) is 17.6. The number of carbonyl (C=O) groups excluding carboxylic acids is 1. The standard InChI is InChI=1S/C20H23N3O4/c1-12(2)14-10-18(24)22-20(21-14)15-4-3-7-23(15)19(25)9-13-5-6-16-17(8-13)27-11-26-16/h5-6,8,10,12,15H,3-4,7,9,11H2,1-2H3,(H,21,22,24)/t15-/m1/s1. The molecule has 0 aliphatic carbocycles. The lowest BCUT2D eigenvalue weighted by molar-refractivity contribution is -0.131. The third-order valence-electron chi connectivity index (χ3n) is 5.05. The first-order chi connectivity index (χ1) is 13.0. The summed E-state index contributed by atoms with van der Waals surface area (Å²) in [5.41, 5.74) is 1.47. The number of carbonyl (C=O) groups is 1. The van der Waals surface area contributed by atoms with Crippen LogP contribution in [0, 0.1) is 0 Å². The average Bonchev–Trinajstić information content (AvgIpc) is 3.30. The van der Waals surface area contributed by atoms with E-state index in [1.165, 1.54) is 6.07 Å². The van der Waals surface area contributed by atoms with Crippen molar-refractivity contribution in [1.29, 1.82) is 0 Å². The Morgan fingerprint density at radius 3 is 2.93 bits per heavy atom. The molecular weight excluding hydrogens is 346 g/mol. The Kier molecular flexibility index (Phi) is 4.59. The van der Waals surface area contributed by atoms with E-state index in [-0.39, 0.29) is 36.6 Å². The Morgan fingerprint density at radius 2 is 2.11 bits per heavy atom. The third-order valence-corrected chi connectivity index (χ3v) is 5.05. The van der Waals surface area contributed by atoms with Crippen LogP contribution in [0.15, 0.2) is 29.1 Å². The Bertz CT molecular complexity index is 922. The van der Waals surface area contributed by atoms with Crippen molar-refractivity contribution in [2.24, 2.45) is 0 Å². The summed E-state index contributed by atoms with van der Waals surface area (Å²) in [5.74, 6) is 2.15. The van der Waals surface area contributed by atoms with E-state index < -0.39 is 0 Å². The molecule has 1 aromatic carbocycles. The van der Waals surface area contributed by atoms with Crippen molar-refractivity contribution in [1.82, 2.24) is 14.9 Å². The number of rotatable bonds is 4. The molecule has 1 saturated heterocycles. The maximum Gasteiger partial charge on any atom is 0.251 e. The van der Waals surface area contributed by atoms with E-state index in [1.54, 1.807) is 0 Å². The van der Waals surface area contributed by atoms with Gasteiger partial charge in [-0.3, -0.25) is 9.59 Å². The van der Waals surface area contributed by atoms with E-state index >= 15 is 0 Å². The fourth-order valence-corrected chi connectivity index (χ4v) is 3.63. The van der Waals surface area contributed by atoms with Crippen LogP contribution in [-0.4, -0.2) is 34.1 Å². The smallest absolute Gasteiger partial charge is 0.251 e. The van der Waals surface area contributed by atoms with Gasteiger partial charge in [-0.25, -0.2) is 4.98 Å². The number of amides is 1. The van der Waals surface area contributed by atoms with Gasteiger partial charge in [-0.1, -0.05) is 19.9 Å². The van der Waals surface area contributed by atoms with Crippen LogP contribution >= 0.6 is 0 Å². The molecule has 7 heteroatoms. The second-order valence-corrected chi connectivity index (χ2v) is 7.32. The topological polar surface area (TPSA) is 84.5 Å². The van der Waals surface area contributed by atoms with Crippen LogP contribution in [0.1, 0.15) is 55.7 Å². The van der Waals surface area contributed by atoms with Gasteiger partial charge in [0.15, 0.2) is 11.5 Å². The van der Waals surface area contributed by atoms with Crippen molar-refractivity contribution in [2.45, 2.75) is 45.1 Å². The molecular formula is C20H23N3O4. The molecule has 1 aromatic heterocycles. The number of benzene rings is 1. The molecule has 0 unspecified atom stereocenters. The van der Waals surface area contributed by atoms with Crippen molar-refractivity contribution in [3.8, 4) is 11.5 Å². The lowest BCUT2D eigenvalue weighted by Crippen LogP contribution is -2.33. The highest BCUT2D eigenvalue weighted by Crippen LogP contribution is 2.34. The van der Waals surface area contributed by atoms with E-state index in [0.29, 0.717) is 23.9 Å². The Hall–Kier alpha value is -2.83. The van der Waals surface area contributed by atoms with Crippen LogP contribution < -0.4 is 15.0 Å². The molecule has 1 fully saturated rings. The summed E-state index contributed by atoms with van der Waals surface area (Å²) in [4.78, 5) is 34.2. The summed E-state index contributed by atoms with van der Waals surface area (Å²) in [6.45, 7) is 4.89. The number of fused-ring (bicyclic) bond motifs is 1. The molecule has 2 aliphatic heterocycles. The number of nitrogens with zero attached hydrogens (tertiary/aromatic N) is 2. The van der Waals surface area contributed by atoms with Crippen LogP contribution in [0.3, 0.4) is 0 Å². The minimum absolute atomic E-state index is 0.0222. The van der Waals surface area contributed by atoms with Gasteiger partial charge in [-0.05, 0) is 36.5 Å². The Balaban J connectivity index is 1.54. The number of likely N-dealkylation sites (tertiary alicyclic amines) is 1. The van der Waals surface area contributed by atoms with Crippen LogP contribution in [-0.2, 0) is 11.2 Å². The number of hydrogen-bond donors (Lipinski definition) is 1. The predicted octanol–water partition coefficient (Wildman–Crippen LogP) is 2.53. The van der Waals surface area contributed by atoms with Crippen molar-refractivity contribution < 1.29 is 14.3 Å². The monoisotopic (exact) mass is 369 g/mol. The normalized spacial score (nSPS) is 18.3. The third kappa shape index (κ3) is 3.54. The van der Waals surface area contributed by atoms with E-state index in [0.717, 1.165) is 24.1 Å². The number of hydrogen-bond acceptors (Lipinski definition) is 5. The summed E-state index contributed by atoms with van der Waals surface area (Å²) in [5, 5.41) is 0. The highest BCUT2D eigenvalue weighted by molar-refractivity contribution is 5.79. The predicted molar refractivity (Wildman–Crippen MR) is 98.9 cm³/mol. The van der Waals surface area contributed by atoms with Crippen LogP contribution in [0.25, 0.3) is 0 Å². The lowest BCUT2D eigenvalue weighted by atomic mass is 10.1. The van der Waals surface area contributed by atoms with E-state index in [9.17, 15) is 9.59 Å². The molecule has 2 aliphatic rings. The quantitative estimate of drug-likeness (QED) is 0.895. The summed E-state index contributed by atoms with van der Waals surface area (Å²) in [7, 11) is 0. The number of nitrogens with one attached hydrogen (secondary N) is 1. The Morgan fingerprint density at radius 1 is 1.30 bits per heavy atom. The Labute approximate surface area is 157 Å². The van der Waals surface area contributed by atoms with Crippen molar-refractivity contribution in [3.63, 3.8) is 0 Å². The van der Waals surface area contributed by atoms with Gasteiger partial charge in [0.05, 0.1) is 18.2 Å². The SMILES string of the molecule is CC(C)c1cc(=O)[nH]c([C@H]2CCCN2C(=O)Cc2ccc3c(c2)OCO3)n1. The van der Waals surface area contributed by atoms with Crippen LogP contribution in [0.2, 0.25) is 0 Å². The molecule has 4 rings (SSSR count). The van der Waals surface area contributed by atoms with Gasteiger partial charge in [-0.2, -0.15) is 0 Å². The summed E-state index contributed by atoms with van der Waals surface area (Å²) < 4.78 is 10.7. The summed E-state index contributed by atoms with van der Waals surface area (Å²) in [6.07, 6.45) is 1.98. The summed E-state index contributed by atoms with van der Waals surface area (Å²) in [6, 6.07) is 6.92. The fourth-order valence-electron chi connectivity index (χ4n) is 3.63. The second-order valence-electron chi connectivity index (χ2n) is 7.32. The maximum atomic E-state index is 12.9. The van der Waals surface area contributed by atoms with Gasteiger partial charge in [0, 0.05) is 12.6 Å². The first-order valence-corrected chi connectivity index (χ1v) is 9.30. The minimum atomic E-state index is -0.182. The van der Waals surface area contributed by atoms with Gasteiger partial charge in [0.2, 0.25) is 12.7 Å². The average molecular weight is 369 g/mol. The zero-order chi connectivity index (χ0) is 19.0. The molecule has 142 valence electrons. The van der Waals surface area contributed by atoms with Crippen molar-refractivity contribution in [3.05, 3.63) is 51.7 Å². The molecule has 1 N–H and O–H groups in total. The van der Waals surface area contributed by atoms with E-state index in [1.807, 2.05) is 36.9 Å². The first-order valence-electron chi connectivity index (χ1n) is 9.30. The van der Waals surface area contributed by atoms with Gasteiger partial charge < -0.3 is 19.4 Å². The van der Waals surface area contributed by atoms with E-state index in [4.69, 9.17) is 9.47 Å². The minimum Gasteiger partial charge on any atom is -0.454 e. The molecule has 27 heavy (non-hydrogen) atoms. The number of aromatic nitrogens is 2. The number of ether oxygens (including phenoxy) is 2. The van der Waals surface area contributed by atoms with Crippen LogP contribution in [0.5, 0.6) is 11.5 Å². The highest BCUT2D eigenvalue weighted by atomic mass is 16.7. The second kappa shape index (κ2) is 7.06. The molecule has 0 spiro atoms. The molecule has 0 bridgehead atoms. The highest BCUT2D eigenvalue weighted by Gasteiger charge is 2.32. The number of aromatic amines is 1. The molecule has 1 atom stereocenters. The fraction of sp³-hybridized carbons (Fsp3) is 0.450. The van der Waals surface area contributed by atoms with Crippen LogP contribution in [0.4, 0.5) is 0 Å². The molecule has 0 saturated carbocycles. The summed E-state index contributed by atoms with van der Waals surface area (Å²) >= 11 is 0. The lowest BCUT2D eigenvalue weighted by Gasteiger charge is -2.24. The zero-order valence-corrected chi connectivity index (χ0v) is 15.5. The van der Waals surface area contributed by atoms with Gasteiger partial charge in [0.25, 0.3) is 5.56 Å². The van der Waals surface area contributed by atoms with Gasteiger partial charge >= 0.3 is 0 Å². The largest absolute Gasteiger partial charge is 0.454 e. The zero-order valence-electron chi connectivity index (χ0n) is 15.5. The van der Waals surface area contributed by atoms with Gasteiger partial charge in [-0.15, -0.1) is 0 Å². The van der Waals surface area contributed by atoms with E-state index in [2.05, 4.69) is 9.97 Å². The van der Waals surface area contributed by atoms with Gasteiger partial charge in [0.1, 0.15) is 5.82 Å². The van der Waals surface area contributed by atoms with Crippen molar-refractivity contribution in [2.75, 3.05) is 13.3 Å². The molecule has 1 amide bonds. The molecule has 7 nitrogen and oxygen atoms in total. The molecule has 2 aromatic rings. The molecule has 3 heterocycles. The number of H-pyrrole nitrogens is 1. The molecule has 0 radical (unpaired) electrons. The maximum absolute atomic E-state index is 12.9. The van der Waals surface area contributed by atoms with Crippen molar-refractivity contribution >= 4 is 5.91 Å².